The van der Waals surface area contributed by atoms with Gasteiger partial charge in [0.2, 0.25) is 17.4 Å². The number of ether oxygens (including phenoxy) is 2. The van der Waals surface area contributed by atoms with Crippen molar-refractivity contribution in [3.63, 3.8) is 0 Å². The second kappa shape index (κ2) is 16.3. The maximum atomic E-state index is 9.01. The average Bonchev–Trinajstić information content (AvgIpc) is 2.81. The van der Waals surface area contributed by atoms with Gasteiger partial charge in [-0.1, -0.05) is 44.9 Å². The molecule has 0 radical (unpaired) electrons. The molecule has 192 valence electrons. The van der Waals surface area contributed by atoms with E-state index in [1.807, 2.05) is 0 Å². The number of rotatable bonds is 14. The largest absolute Gasteiger partial charge is 0.351 e. The lowest BCUT2D eigenvalue weighted by Crippen LogP contribution is -2.38. The van der Waals surface area contributed by atoms with Crippen LogP contribution in [0.2, 0.25) is 0 Å². The van der Waals surface area contributed by atoms with Crippen molar-refractivity contribution in [2.24, 2.45) is 0 Å². The fourth-order valence-electron chi connectivity index (χ4n) is 3.45. The minimum atomic E-state index is -1.19. The molecule has 0 bridgehead atoms. The minimum Gasteiger partial charge on any atom is -0.351 e. The van der Waals surface area contributed by atoms with Crippen molar-refractivity contribution >= 4 is 0 Å². The molecule has 0 aromatic carbocycles. The molecule has 1 aliphatic carbocycles. The van der Waals surface area contributed by atoms with Crippen LogP contribution in [0.1, 0.15) is 97.3 Å². The summed E-state index contributed by atoms with van der Waals surface area (Å²) in [5.74, 6) is -3.43. The standard InChI is InChI=1S/C22H44O10/c1-20(25-3,29-23)16-18-27-31-22(32-28-19-17-21(2,26-4)30-24)14-12-10-8-6-5-7-9-11-13-15-22/h23-24H,5-19H2,1-4H3. The molecule has 10 nitrogen and oxygen atoms in total. The summed E-state index contributed by atoms with van der Waals surface area (Å²) in [6.45, 7) is 3.43. The predicted molar refractivity (Wildman–Crippen MR) is 115 cm³/mol. The van der Waals surface area contributed by atoms with Gasteiger partial charge in [-0.2, -0.15) is 9.78 Å². The highest BCUT2D eigenvalue weighted by atomic mass is 17.3. The summed E-state index contributed by atoms with van der Waals surface area (Å²) in [5, 5.41) is 18.0. The smallest absolute Gasteiger partial charge is 0.233 e. The molecule has 2 atom stereocenters. The maximum absolute atomic E-state index is 9.01. The molecule has 0 amide bonds. The van der Waals surface area contributed by atoms with Crippen LogP contribution in [0.15, 0.2) is 0 Å². The molecule has 1 rings (SSSR count). The van der Waals surface area contributed by atoms with E-state index in [0.717, 1.165) is 25.7 Å². The van der Waals surface area contributed by atoms with Gasteiger partial charge in [0.05, 0.1) is 13.2 Å². The van der Waals surface area contributed by atoms with Crippen molar-refractivity contribution in [1.82, 2.24) is 0 Å². The van der Waals surface area contributed by atoms with Crippen molar-refractivity contribution in [3.05, 3.63) is 0 Å². The highest BCUT2D eigenvalue weighted by molar-refractivity contribution is 4.69. The Morgan fingerprint density at radius 2 is 0.969 bits per heavy atom. The third kappa shape index (κ3) is 11.6. The number of hydrogen-bond donors (Lipinski definition) is 2. The molecule has 0 heterocycles. The van der Waals surface area contributed by atoms with Gasteiger partial charge in [-0.3, -0.25) is 0 Å². The first-order chi connectivity index (χ1) is 15.4. The quantitative estimate of drug-likeness (QED) is 0.149. The second-order valence-electron chi connectivity index (χ2n) is 8.76. The van der Waals surface area contributed by atoms with Gasteiger partial charge >= 0.3 is 0 Å². The fourth-order valence-corrected chi connectivity index (χ4v) is 3.45. The summed E-state index contributed by atoms with van der Waals surface area (Å²) in [5.41, 5.74) is 0. The third-order valence-electron chi connectivity index (χ3n) is 6.07. The molecule has 1 fully saturated rings. The van der Waals surface area contributed by atoms with Crippen molar-refractivity contribution in [3.8, 4) is 0 Å². The zero-order valence-corrected chi connectivity index (χ0v) is 20.3. The summed E-state index contributed by atoms with van der Waals surface area (Å²) in [7, 11) is 2.87. The van der Waals surface area contributed by atoms with E-state index >= 15 is 0 Å². The Morgan fingerprint density at radius 1 is 0.625 bits per heavy atom. The first-order valence-corrected chi connectivity index (χ1v) is 11.7. The molecule has 0 aromatic heterocycles. The van der Waals surface area contributed by atoms with Crippen LogP contribution >= 0.6 is 0 Å². The van der Waals surface area contributed by atoms with Crippen molar-refractivity contribution in [1.29, 1.82) is 0 Å². The lowest BCUT2D eigenvalue weighted by atomic mass is 9.97. The zero-order chi connectivity index (χ0) is 23.8. The lowest BCUT2D eigenvalue weighted by Gasteiger charge is -2.32. The van der Waals surface area contributed by atoms with E-state index in [4.69, 9.17) is 39.5 Å². The van der Waals surface area contributed by atoms with Gasteiger partial charge in [-0.05, 0) is 26.7 Å². The van der Waals surface area contributed by atoms with Gasteiger partial charge in [0.15, 0.2) is 0 Å². The van der Waals surface area contributed by atoms with Crippen molar-refractivity contribution in [2.75, 3.05) is 27.4 Å². The Bertz CT molecular complexity index is 414. The van der Waals surface area contributed by atoms with Gasteiger partial charge in [0.1, 0.15) is 0 Å². The van der Waals surface area contributed by atoms with Crippen molar-refractivity contribution in [2.45, 2.75) is 115 Å². The molecule has 32 heavy (non-hydrogen) atoms. The molecular weight excluding hydrogens is 424 g/mol. The van der Waals surface area contributed by atoms with Crippen LogP contribution in [0.5, 0.6) is 0 Å². The molecule has 0 aromatic rings. The minimum absolute atomic E-state index is 0.121. The molecule has 2 unspecified atom stereocenters. The highest BCUT2D eigenvalue weighted by Gasteiger charge is 2.36. The number of hydrogen-bond acceptors (Lipinski definition) is 10. The van der Waals surface area contributed by atoms with Crippen LogP contribution in [0.3, 0.4) is 0 Å². The van der Waals surface area contributed by atoms with Crippen LogP contribution in [0, 0.1) is 0 Å². The maximum Gasteiger partial charge on any atom is 0.233 e. The Hall–Kier alpha value is -0.400. The molecule has 0 spiro atoms. The first-order valence-electron chi connectivity index (χ1n) is 11.7. The van der Waals surface area contributed by atoms with Gasteiger partial charge in [0, 0.05) is 39.9 Å². The highest BCUT2D eigenvalue weighted by Crippen LogP contribution is 2.31. The Morgan fingerprint density at radius 3 is 1.28 bits per heavy atom. The normalized spacial score (nSPS) is 22.3. The van der Waals surface area contributed by atoms with Crippen LogP contribution in [-0.2, 0) is 38.8 Å². The molecule has 0 saturated heterocycles. The summed E-state index contributed by atoms with van der Waals surface area (Å²) in [4.78, 5) is 31.3. The SMILES string of the molecule is COC(C)(CCOOC1(OOCCC(C)(OC)OO)CCCCCCCCCCC1)OO. The molecule has 2 N–H and O–H groups in total. The van der Waals surface area contributed by atoms with E-state index in [1.54, 1.807) is 13.8 Å². The summed E-state index contributed by atoms with van der Waals surface area (Å²) in [6.07, 6.45) is 11.8. The number of methoxy groups -OCH3 is 2. The van der Waals surface area contributed by atoms with E-state index in [2.05, 4.69) is 9.78 Å². The summed E-state index contributed by atoms with van der Waals surface area (Å²) >= 11 is 0. The Balaban J connectivity index is 2.71. The van der Waals surface area contributed by atoms with E-state index in [0.29, 0.717) is 12.8 Å². The predicted octanol–water partition coefficient (Wildman–Crippen LogP) is 5.37. The van der Waals surface area contributed by atoms with Gasteiger partial charge in [0.25, 0.3) is 0 Å². The molecule has 0 aliphatic heterocycles. The van der Waals surface area contributed by atoms with Gasteiger partial charge in [-0.25, -0.2) is 30.1 Å². The van der Waals surface area contributed by atoms with Gasteiger partial charge < -0.3 is 9.47 Å². The average molecular weight is 469 g/mol. The van der Waals surface area contributed by atoms with Crippen molar-refractivity contribution < 1.29 is 49.3 Å². The monoisotopic (exact) mass is 468 g/mol. The molecular formula is C22H44O10. The van der Waals surface area contributed by atoms with Crippen LogP contribution < -0.4 is 0 Å². The topological polar surface area (TPSA) is 114 Å². The first kappa shape index (κ1) is 29.6. The second-order valence-corrected chi connectivity index (χ2v) is 8.76. The van der Waals surface area contributed by atoms with E-state index in [1.165, 1.54) is 46.3 Å². The fraction of sp³-hybridized carbons (Fsp3) is 1.00. The van der Waals surface area contributed by atoms with E-state index < -0.39 is 17.4 Å². The lowest BCUT2D eigenvalue weighted by molar-refractivity contribution is -0.519. The summed E-state index contributed by atoms with van der Waals surface area (Å²) in [6, 6.07) is 0. The van der Waals surface area contributed by atoms with Crippen LogP contribution in [0.4, 0.5) is 0 Å². The molecule has 1 saturated carbocycles. The third-order valence-corrected chi connectivity index (χ3v) is 6.07. The van der Waals surface area contributed by atoms with E-state index in [9.17, 15) is 0 Å². The zero-order valence-electron chi connectivity index (χ0n) is 20.3. The van der Waals surface area contributed by atoms with E-state index in [-0.39, 0.29) is 26.1 Å². The van der Waals surface area contributed by atoms with Gasteiger partial charge in [-0.15, -0.1) is 0 Å². The van der Waals surface area contributed by atoms with Crippen LogP contribution in [-0.4, -0.2) is 55.3 Å². The Kier molecular flexibility index (Phi) is 15.1. The molecule has 1 aliphatic rings. The molecule has 10 heteroatoms. The van der Waals surface area contributed by atoms with Crippen LogP contribution in [0.25, 0.3) is 0 Å². The summed E-state index contributed by atoms with van der Waals surface area (Å²) < 4.78 is 10.2. The Labute approximate surface area is 192 Å².